The van der Waals surface area contributed by atoms with Crippen molar-refractivity contribution in [3.05, 3.63) is 24.2 Å². The summed E-state index contributed by atoms with van der Waals surface area (Å²) in [5, 5.41) is 40.3. The highest BCUT2D eigenvalue weighted by Crippen LogP contribution is 2.63. The third-order valence-corrected chi connectivity index (χ3v) is 5.99. The maximum atomic E-state index is 10.1. The van der Waals surface area contributed by atoms with Gasteiger partial charge in [0.1, 0.15) is 0 Å². The number of nitrogens with two attached hydrogens (primary N) is 1. The molecule has 0 radical (unpaired) electrons. The molecule has 1 aromatic heterocycles. The summed E-state index contributed by atoms with van der Waals surface area (Å²) in [7, 11) is 0. The topological polar surface area (TPSA) is 134 Å². The molecule has 7 nitrogen and oxygen atoms in total. The zero-order valence-electron chi connectivity index (χ0n) is 13.0. The lowest BCUT2D eigenvalue weighted by molar-refractivity contribution is -0.821. The van der Waals surface area contributed by atoms with Crippen molar-refractivity contribution in [2.75, 3.05) is 0 Å². The Morgan fingerprint density at radius 2 is 2.00 bits per heavy atom. The van der Waals surface area contributed by atoms with E-state index in [1.807, 2.05) is 5.32 Å². The summed E-state index contributed by atoms with van der Waals surface area (Å²) >= 11 is 0. The molecule has 4 atom stereocenters. The fourth-order valence-corrected chi connectivity index (χ4v) is 4.96. The number of quaternary nitrogens is 1. The van der Waals surface area contributed by atoms with Crippen LogP contribution >= 0.6 is 0 Å². The first-order chi connectivity index (χ1) is 11.6. The molecule has 0 aromatic carbocycles. The monoisotopic (exact) mass is 322 g/mol. The van der Waals surface area contributed by atoms with Gasteiger partial charge in [0.05, 0.1) is 30.4 Å². The summed E-state index contributed by atoms with van der Waals surface area (Å²) in [4.78, 5) is 0. The molecule has 1 aromatic rings. The average molecular weight is 322 g/mol. The van der Waals surface area contributed by atoms with E-state index in [0.29, 0.717) is 18.6 Å². The van der Waals surface area contributed by atoms with E-state index in [1.54, 1.807) is 12.1 Å². The molecule has 3 heterocycles. The predicted octanol–water partition coefficient (Wildman–Crippen LogP) is 1.34. The maximum absolute atomic E-state index is 10.1. The second kappa shape index (κ2) is 4.60. The van der Waals surface area contributed by atoms with Crippen LogP contribution in [0, 0.1) is 56.2 Å². The molecule has 4 rings (SSSR count). The van der Waals surface area contributed by atoms with Crippen molar-refractivity contribution in [3.8, 4) is 18.2 Å². The summed E-state index contributed by atoms with van der Waals surface area (Å²) in [5.41, 5.74) is -4.07. The van der Waals surface area contributed by atoms with Crippen LogP contribution in [-0.2, 0) is 4.74 Å². The van der Waals surface area contributed by atoms with Crippen LogP contribution in [0.3, 0.4) is 0 Å². The first-order valence-electron chi connectivity index (χ1n) is 8.01. The van der Waals surface area contributed by atoms with Gasteiger partial charge < -0.3 is 9.15 Å². The Balaban J connectivity index is 2.02. The van der Waals surface area contributed by atoms with Gasteiger partial charge in [0.25, 0.3) is 0 Å². The van der Waals surface area contributed by atoms with Crippen LogP contribution in [-0.4, -0.2) is 11.6 Å². The van der Waals surface area contributed by atoms with Gasteiger partial charge in [0.15, 0.2) is 17.2 Å². The third kappa shape index (κ3) is 1.36. The van der Waals surface area contributed by atoms with Gasteiger partial charge in [-0.1, -0.05) is 6.42 Å². The van der Waals surface area contributed by atoms with Gasteiger partial charge >= 0.3 is 0 Å². The Hall–Kier alpha value is -2.82. The molecular formula is C17H16N5O2+. The van der Waals surface area contributed by atoms with Crippen molar-refractivity contribution in [2.45, 2.75) is 37.5 Å². The number of rotatable bonds is 1. The quantitative estimate of drug-likeness (QED) is 0.804. The molecule has 0 amide bonds. The maximum Gasteiger partial charge on any atom is 0.247 e. The van der Waals surface area contributed by atoms with Crippen LogP contribution in [0.15, 0.2) is 22.8 Å². The lowest BCUT2D eigenvalue weighted by Gasteiger charge is -2.48. The molecule has 1 saturated carbocycles. The van der Waals surface area contributed by atoms with E-state index in [0.717, 1.165) is 12.8 Å². The molecule has 2 saturated heterocycles. The SMILES string of the molecule is N#CC1(C#N)[C@H](c2ccco2)[NH2+][C@@]23CCCC[C@H]2[C@]1(C#N)C(=N)O3. The Bertz CT molecular complexity index is 813. The Morgan fingerprint density at radius 3 is 2.62 bits per heavy atom. The van der Waals surface area contributed by atoms with Crippen LogP contribution < -0.4 is 5.32 Å². The number of hydrogen-bond acceptors (Lipinski definition) is 6. The molecule has 0 spiro atoms. The molecule has 1 aliphatic carbocycles. The summed E-state index contributed by atoms with van der Waals surface area (Å²) in [5.74, 6) is -0.133. The number of piperidine rings is 1. The minimum Gasteiger partial charge on any atom is -0.463 e. The van der Waals surface area contributed by atoms with Crippen LogP contribution in [0.4, 0.5) is 0 Å². The molecule has 24 heavy (non-hydrogen) atoms. The van der Waals surface area contributed by atoms with Crippen LogP contribution in [0.2, 0.25) is 0 Å². The van der Waals surface area contributed by atoms with Crippen molar-refractivity contribution >= 4 is 5.90 Å². The second-order valence-electron chi connectivity index (χ2n) is 6.80. The smallest absolute Gasteiger partial charge is 0.247 e. The fourth-order valence-electron chi connectivity index (χ4n) is 4.96. The normalized spacial score (nSPS) is 39.0. The lowest BCUT2D eigenvalue weighted by Crippen LogP contribution is -3.03. The van der Waals surface area contributed by atoms with Gasteiger partial charge in [-0.05, 0) is 25.0 Å². The van der Waals surface area contributed by atoms with E-state index in [9.17, 15) is 15.8 Å². The third-order valence-electron chi connectivity index (χ3n) is 5.99. The van der Waals surface area contributed by atoms with Crippen molar-refractivity contribution in [1.29, 1.82) is 21.2 Å². The molecule has 120 valence electrons. The summed E-state index contributed by atoms with van der Waals surface area (Å²) < 4.78 is 11.4. The minimum absolute atomic E-state index is 0.245. The van der Waals surface area contributed by atoms with Gasteiger partial charge in [-0.3, -0.25) is 10.7 Å². The highest BCUT2D eigenvalue weighted by Gasteiger charge is 2.82. The van der Waals surface area contributed by atoms with Crippen molar-refractivity contribution in [2.24, 2.45) is 16.7 Å². The summed E-state index contributed by atoms with van der Waals surface area (Å²) in [6.07, 6.45) is 4.67. The van der Waals surface area contributed by atoms with Crippen LogP contribution in [0.5, 0.6) is 0 Å². The number of hydrogen-bond donors (Lipinski definition) is 2. The Kier molecular flexibility index (Phi) is 2.83. The van der Waals surface area contributed by atoms with Crippen molar-refractivity contribution < 1.29 is 14.5 Å². The molecule has 0 unspecified atom stereocenters. The van der Waals surface area contributed by atoms with Crippen molar-refractivity contribution in [1.82, 2.24) is 0 Å². The first kappa shape index (κ1) is 14.8. The van der Waals surface area contributed by atoms with E-state index in [2.05, 4.69) is 18.2 Å². The van der Waals surface area contributed by atoms with Gasteiger partial charge in [-0.2, -0.15) is 15.8 Å². The molecule has 3 fully saturated rings. The second-order valence-corrected chi connectivity index (χ2v) is 6.80. The summed E-state index contributed by atoms with van der Waals surface area (Å²) in [6, 6.07) is 9.05. The van der Waals surface area contributed by atoms with Crippen LogP contribution in [0.1, 0.15) is 37.5 Å². The molecule has 3 N–H and O–H groups in total. The Labute approximate surface area is 138 Å². The highest BCUT2D eigenvalue weighted by molar-refractivity contribution is 5.89. The zero-order chi connectivity index (χ0) is 17.0. The largest absolute Gasteiger partial charge is 0.463 e. The zero-order valence-corrected chi connectivity index (χ0v) is 13.0. The number of nitrogens with zero attached hydrogens (tertiary/aromatic N) is 3. The number of nitrogens with one attached hydrogen (secondary N) is 1. The predicted molar refractivity (Wildman–Crippen MR) is 78.6 cm³/mol. The number of furan rings is 1. The van der Waals surface area contributed by atoms with Gasteiger partial charge in [0.2, 0.25) is 17.0 Å². The lowest BCUT2D eigenvalue weighted by atomic mass is 9.50. The molecule has 3 aliphatic rings. The minimum atomic E-state index is -1.74. The number of ether oxygens (including phenoxy) is 1. The van der Waals surface area contributed by atoms with Gasteiger partial charge in [0, 0.05) is 6.42 Å². The van der Waals surface area contributed by atoms with Crippen LogP contribution in [0.25, 0.3) is 0 Å². The average Bonchev–Trinajstić information content (AvgIpc) is 3.19. The molecular weight excluding hydrogens is 306 g/mol. The summed E-state index contributed by atoms with van der Waals surface area (Å²) in [6.45, 7) is 0. The van der Waals surface area contributed by atoms with E-state index >= 15 is 0 Å². The van der Waals surface area contributed by atoms with E-state index in [-0.39, 0.29) is 11.8 Å². The van der Waals surface area contributed by atoms with Gasteiger partial charge in [-0.15, -0.1) is 0 Å². The van der Waals surface area contributed by atoms with E-state index in [1.165, 1.54) is 6.26 Å². The molecule has 2 aliphatic heterocycles. The van der Waals surface area contributed by atoms with Crippen molar-refractivity contribution in [3.63, 3.8) is 0 Å². The number of nitriles is 3. The van der Waals surface area contributed by atoms with Gasteiger partial charge in [-0.25, -0.2) is 0 Å². The molecule has 2 bridgehead atoms. The molecule has 7 heteroatoms. The fraction of sp³-hybridized carbons (Fsp3) is 0.529. The highest BCUT2D eigenvalue weighted by atomic mass is 16.5. The first-order valence-corrected chi connectivity index (χ1v) is 8.01. The Morgan fingerprint density at radius 1 is 1.21 bits per heavy atom. The van der Waals surface area contributed by atoms with E-state index in [4.69, 9.17) is 14.6 Å². The van der Waals surface area contributed by atoms with E-state index < -0.39 is 22.6 Å². The standard InChI is InChI=1S/C17H15N5O2/c18-8-15(9-19)13(11-4-3-7-23-11)22-17-6-2-1-5-12(17)16(15,10-20)14(21)24-17/h3-4,7,12-13,21-22H,1-2,5-6H2/p+1/t12-,13-,16+,17+/m0/s1.